The van der Waals surface area contributed by atoms with Crippen LogP contribution in [0.4, 0.5) is 5.82 Å². The second kappa shape index (κ2) is 8.10. The molecule has 7 heteroatoms. The molecule has 7 nitrogen and oxygen atoms in total. The van der Waals surface area contributed by atoms with E-state index in [1.54, 1.807) is 6.20 Å². The number of anilines is 1. The number of benzene rings is 1. The van der Waals surface area contributed by atoms with Crippen LogP contribution in [0.3, 0.4) is 0 Å². The average molecular weight is 369 g/mol. The highest BCUT2D eigenvalue weighted by molar-refractivity contribution is 5.94. The van der Waals surface area contributed by atoms with Gasteiger partial charge < -0.3 is 15.0 Å². The van der Waals surface area contributed by atoms with E-state index in [9.17, 15) is 4.79 Å². The van der Waals surface area contributed by atoms with E-state index in [0.29, 0.717) is 18.8 Å². The van der Waals surface area contributed by atoms with Crippen molar-refractivity contribution in [2.45, 2.75) is 19.3 Å². The summed E-state index contributed by atoms with van der Waals surface area (Å²) in [6.45, 7) is 9.38. The van der Waals surface area contributed by atoms with Gasteiger partial charge in [-0.3, -0.25) is 14.8 Å². The molecule has 2 aliphatic rings. The summed E-state index contributed by atoms with van der Waals surface area (Å²) >= 11 is 0. The molecule has 1 atom stereocenters. The Balaban J connectivity index is 1.41. The number of hydrogen-bond acceptors (Lipinski definition) is 5. The van der Waals surface area contributed by atoms with Crippen LogP contribution in [0.1, 0.15) is 30.4 Å². The van der Waals surface area contributed by atoms with E-state index in [-0.39, 0.29) is 11.8 Å². The van der Waals surface area contributed by atoms with Gasteiger partial charge in [0.05, 0.1) is 6.20 Å². The third-order valence-electron chi connectivity index (χ3n) is 5.57. The molecule has 144 valence electrons. The Hall–Kier alpha value is -2.38. The van der Waals surface area contributed by atoms with Crippen LogP contribution in [0.5, 0.6) is 5.75 Å². The summed E-state index contributed by atoms with van der Waals surface area (Å²) < 4.78 is 6.16. The van der Waals surface area contributed by atoms with Gasteiger partial charge in [0, 0.05) is 56.2 Å². The van der Waals surface area contributed by atoms with Gasteiger partial charge in [-0.2, -0.15) is 5.10 Å². The summed E-state index contributed by atoms with van der Waals surface area (Å²) in [5, 5.41) is 9.80. The van der Waals surface area contributed by atoms with Gasteiger partial charge >= 0.3 is 0 Å². The summed E-state index contributed by atoms with van der Waals surface area (Å²) in [5.41, 5.74) is 2.06. The number of para-hydroxylation sites is 1. The van der Waals surface area contributed by atoms with Gasteiger partial charge in [0.1, 0.15) is 18.2 Å². The lowest BCUT2D eigenvalue weighted by molar-refractivity contribution is -0.116. The predicted molar refractivity (Wildman–Crippen MR) is 104 cm³/mol. The van der Waals surface area contributed by atoms with Crippen molar-refractivity contribution in [1.29, 1.82) is 0 Å². The monoisotopic (exact) mass is 369 g/mol. The number of amides is 1. The zero-order valence-electron chi connectivity index (χ0n) is 15.8. The van der Waals surface area contributed by atoms with E-state index in [4.69, 9.17) is 4.74 Å². The lowest BCUT2D eigenvalue weighted by Gasteiger charge is -2.34. The van der Waals surface area contributed by atoms with Crippen LogP contribution >= 0.6 is 0 Å². The summed E-state index contributed by atoms with van der Waals surface area (Å²) in [7, 11) is 0. The fourth-order valence-electron chi connectivity index (χ4n) is 3.94. The molecule has 0 aliphatic carbocycles. The van der Waals surface area contributed by atoms with Crippen molar-refractivity contribution in [3.63, 3.8) is 0 Å². The first-order valence-corrected chi connectivity index (χ1v) is 9.74. The smallest absolute Gasteiger partial charge is 0.226 e. The molecule has 0 bridgehead atoms. The van der Waals surface area contributed by atoms with Crippen molar-refractivity contribution >= 4 is 11.7 Å². The largest absolute Gasteiger partial charge is 0.492 e. The maximum absolute atomic E-state index is 12.1. The van der Waals surface area contributed by atoms with Crippen LogP contribution in [0.2, 0.25) is 0 Å². The minimum Gasteiger partial charge on any atom is -0.492 e. The first-order chi connectivity index (χ1) is 13.2. The average Bonchev–Trinajstić information content (AvgIpc) is 3.17. The first-order valence-electron chi connectivity index (χ1n) is 9.74. The fraction of sp³-hybridized carbons (Fsp3) is 0.500. The number of fused-ring (bicyclic) bond motifs is 1. The second-order valence-electron chi connectivity index (χ2n) is 7.17. The molecule has 2 aliphatic heterocycles. The molecule has 1 saturated heterocycles. The van der Waals surface area contributed by atoms with E-state index in [1.165, 1.54) is 0 Å². The third-order valence-corrected chi connectivity index (χ3v) is 5.57. The number of piperazine rings is 1. The van der Waals surface area contributed by atoms with Gasteiger partial charge in [-0.15, -0.1) is 0 Å². The van der Waals surface area contributed by atoms with Gasteiger partial charge in [-0.1, -0.05) is 25.1 Å². The SMILES string of the molecule is CCN1CCN(CCOc2ccccc2C2CC(=O)Nc3[nH]ncc32)CC1. The molecule has 0 spiro atoms. The molecule has 2 N–H and O–H groups in total. The number of nitrogens with zero attached hydrogens (tertiary/aromatic N) is 3. The highest BCUT2D eigenvalue weighted by Crippen LogP contribution is 2.39. The van der Waals surface area contributed by atoms with Crippen molar-refractivity contribution in [2.24, 2.45) is 0 Å². The molecule has 1 amide bonds. The Labute approximate surface area is 159 Å². The van der Waals surface area contributed by atoms with E-state index < -0.39 is 0 Å². The van der Waals surface area contributed by atoms with E-state index in [0.717, 1.165) is 56.1 Å². The Morgan fingerprint density at radius 3 is 2.74 bits per heavy atom. The lowest BCUT2D eigenvalue weighted by atomic mass is 9.87. The maximum atomic E-state index is 12.1. The minimum atomic E-state index is -0.0307. The van der Waals surface area contributed by atoms with Crippen LogP contribution in [0.15, 0.2) is 30.5 Å². The normalized spacial score (nSPS) is 20.9. The van der Waals surface area contributed by atoms with Gasteiger partial charge in [-0.25, -0.2) is 0 Å². The highest BCUT2D eigenvalue weighted by Gasteiger charge is 2.30. The predicted octanol–water partition coefficient (Wildman–Crippen LogP) is 1.90. The number of nitrogens with one attached hydrogen (secondary N) is 2. The number of hydrogen-bond donors (Lipinski definition) is 2. The Morgan fingerprint density at radius 2 is 1.93 bits per heavy atom. The molecule has 27 heavy (non-hydrogen) atoms. The quantitative estimate of drug-likeness (QED) is 0.814. The molecule has 0 radical (unpaired) electrons. The second-order valence-corrected chi connectivity index (χ2v) is 7.17. The minimum absolute atomic E-state index is 0.000322. The van der Waals surface area contributed by atoms with Crippen molar-refractivity contribution in [1.82, 2.24) is 20.0 Å². The van der Waals surface area contributed by atoms with Crippen LogP contribution in [0, 0.1) is 0 Å². The maximum Gasteiger partial charge on any atom is 0.226 e. The van der Waals surface area contributed by atoms with Crippen molar-refractivity contribution in [3.8, 4) is 5.75 Å². The molecule has 1 unspecified atom stereocenters. The molecule has 1 aromatic carbocycles. The van der Waals surface area contributed by atoms with E-state index >= 15 is 0 Å². The lowest BCUT2D eigenvalue weighted by Crippen LogP contribution is -2.47. The molecule has 2 aromatic rings. The zero-order chi connectivity index (χ0) is 18.6. The highest BCUT2D eigenvalue weighted by atomic mass is 16.5. The molecule has 1 aromatic heterocycles. The summed E-state index contributed by atoms with van der Waals surface area (Å²) in [4.78, 5) is 17.0. The van der Waals surface area contributed by atoms with Crippen molar-refractivity contribution in [2.75, 3.05) is 51.2 Å². The molecular weight excluding hydrogens is 342 g/mol. The number of carbonyl (C=O) groups is 1. The van der Waals surface area contributed by atoms with E-state index in [2.05, 4.69) is 38.3 Å². The topological polar surface area (TPSA) is 73.5 Å². The Morgan fingerprint density at radius 1 is 1.15 bits per heavy atom. The third kappa shape index (κ3) is 3.99. The Kier molecular flexibility index (Phi) is 5.40. The van der Waals surface area contributed by atoms with Crippen molar-refractivity contribution < 1.29 is 9.53 Å². The number of likely N-dealkylation sites (N-methyl/N-ethyl adjacent to an activating group) is 1. The molecule has 3 heterocycles. The number of ether oxygens (including phenoxy) is 1. The van der Waals surface area contributed by atoms with Gasteiger partial charge in [0.25, 0.3) is 0 Å². The van der Waals surface area contributed by atoms with Crippen LogP contribution in [0.25, 0.3) is 0 Å². The fourth-order valence-corrected chi connectivity index (χ4v) is 3.94. The number of aromatic amines is 1. The van der Waals surface area contributed by atoms with Gasteiger partial charge in [-0.05, 0) is 12.6 Å². The van der Waals surface area contributed by atoms with Crippen LogP contribution < -0.4 is 10.1 Å². The number of rotatable bonds is 6. The first kappa shape index (κ1) is 18.0. The molecule has 1 fully saturated rings. The number of aromatic nitrogens is 2. The van der Waals surface area contributed by atoms with Crippen LogP contribution in [-0.4, -0.2) is 71.8 Å². The number of carbonyl (C=O) groups excluding carboxylic acids is 1. The molecule has 4 rings (SSSR count). The zero-order valence-corrected chi connectivity index (χ0v) is 15.8. The summed E-state index contributed by atoms with van der Waals surface area (Å²) in [5.74, 6) is 1.52. The summed E-state index contributed by atoms with van der Waals surface area (Å²) in [6.07, 6.45) is 2.20. The van der Waals surface area contributed by atoms with Gasteiger partial charge in [0.15, 0.2) is 0 Å². The van der Waals surface area contributed by atoms with Crippen molar-refractivity contribution in [3.05, 3.63) is 41.6 Å². The summed E-state index contributed by atoms with van der Waals surface area (Å²) in [6, 6.07) is 8.03. The van der Waals surface area contributed by atoms with Crippen LogP contribution in [-0.2, 0) is 4.79 Å². The van der Waals surface area contributed by atoms with Gasteiger partial charge in [0.2, 0.25) is 5.91 Å². The van der Waals surface area contributed by atoms with E-state index in [1.807, 2.05) is 18.2 Å². The molecule has 0 saturated carbocycles. The Bertz CT molecular complexity index is 782. The standard InChI is InChI=1S/C20H27N5O2/c1-2-24-7-9-25(10-8-24)11-12-27-18-6-4-3-5-15(18)16-13-19(26)22-20-17(16)14-21-23-20/h3-6,14,16H,2,7-13H2,1H3,(H2,21,22,23,26). The number of H-pyrrole nitrogens is 1. The molecular formula is C20H27N5O2.